The Balaban J connectivity index is 2.47. The van der Waals surface area contributed by atoms with Gasteiger partial charge in [0, 0.05) is 29.9 Å². The van der Waals surface area contributed by atoms with Gasteiger partial charge in [0.25, 0.3) is 0 Å². The molecule has 0 aromatic heterocycles. The highest BCUT2D eigenvalue weighted by Gasteiger charge is 2.03. The number of halogens is 1. The summed E-state index contributed by atoms with van der Waals surface area (Å²) in [6.07, 6.45) is 1.01. The van der Waals surface area contributed by atoms with Gasteiger partial charge in [-0.2, -0.15) is 0 Å². The molecule has 1 atom stereocenters. The number of methoxy groups -OCH3 is 1. The van der Waals surface area contributed by atoms with Crippen molar-refractivity contribution < 1.29 is 4.74 Å². The second-order valence-corrected chi connectivity index (χ2v) is 4.16. The highest BCUT2D eigenvalue weighted by molar-refractivity contribution is 9.10. The van der Waals surface area contributed by atoms with Gasteiger partial charge in [-0.05, 0) is 41.4 Å². The van der Waals surface area contributed by atoms with Crippen molar-refractivity contribution in [2.45, 2.75) is 19.4 Å². The smallest absolute Gasteiger partial charge is 0.0486 e. The van der Waals surface area contributed by atoms with E-state index in [1.165, 1.54) is 0 Å². The molecule has 1 unspecified atom stereocenters. The topological polar surface area (TPSA) is 21.3 Å². The normalized spacial score (nSPS) is 12.5. The summed E-state index contributed by atoms with van der Waals surface area (Å²) in [5, 5.41) is 3.42. The van der Waals surface area contributed by atoms with Gasteiger partial charge in [0.05, 0.1) is 0 Å². The lowest BCUT2D eigenvalue weighted by molar-refractivity contribution is 0.191. The third kappa shape index (κ3) is 3.68. The fourth-order valence-electron chi connectivity index (χ4n) is 1.21. The van der Waals surface area contributed by atoms with Crippen LogP contribution in [0.3, 0.4) is 0 Å². The van der Waals surface area contributed by atoms with Crippen molar-refractivity contribution >= 4 is 21.6 Å². The molecule has 1 aromatic carbocycles. The van der Waals surface area contributed by atoms with Crippen LogP contribution in [0.4, 0.5) is 5.69 Å². The Morgan fingerprint density at radius 2 is 2.14 bits per heavy atom. The van der Waals surface area contributed by atoms with Crippen molar-refractivity contribution in [3.63, 3.8) is 0 Å². The highest BCUT2D eigenvalue weighted by Crippen LogP contribution is 2.22. The molecular formula is C11H16BrNO. The fraction of sp³-hybridized carbons (Fsp3) is 0.455. The zero-order valence-corrected chi connectivity index (χ0v) is 10.2. The predicted octanol–water partition coefficient (Wildman–Crippen LogP) is 3.29. The van der Waals surface area contributed by atoms with Gasteiger partial charge in [0.15, 0.2) is 0 Å². The number of rotatable bonds is 5. The molecule has 0 aliphatic heterocycles. The molecule has 0 amide bonds. The first-order valence-corrected chi connectivity index (χ1v) is 5.53. The molecule has 0 bridgehead atoms. The van der Waals surface area contributed by atoms with E-state index in [9.17, 15) is 0 Å². The predicted molar refractivity (Wildman–Crippen MR) is 63.7 cm³/mol. The first-order valence-electron chi connectivity index (χ1n) is 4.74. The number of anilines is 1. The lowest BCUT2D eigenvalue weighted by Crippen LogP contribution is -2.17. The Kier molecular flexibility index (Phi) is 4.98. The van der Waals surface area contributed by atoms with Crippen LogP contribution in [-0.2, 0) is 4.74 Å². The maximum atomic E-state index is 5.03. The Labute approximate surface area is 93.8 Å². The quantitative estimate of drug-likeness (QED) is 0.875. The van der Waals surface area contributed by atoms with Gasteiger partial charge in [-0.15, -0.1) is 0 Å². The van der Waals surface area contributed by atoms with E-state index in [1.807, 2.05) is 18.2 Å². The molecule has 0 spiro atoms. The molecule has 3 heteroatoms. The first-order chi connectivity index (χ1) is 6.74. The van der Waals surface area contributed by atoms with Crippen molar-refractivity contribution in [2.24, 2.45) is 0 Å². The van der Waals surface area contributed by atoms with E-state index in [4.69, 9.17) is 4.74 Å². The molecule has 0 aliphatic rings. The number of hydrogen-bond donors (Lipinski definition) is 1. The van der Waals surface area contributed by atoms with Crippen LogP contribution in [0.1, 0.15) is 13.3 Å². The zero-order chi connectivity index (χ0) is 10.4. The van der Waals surface area contributed by atoms with Crippen LogP contribution in [0.5, 0.6) is 0 Å². The molecule has 14 heavy (non-hydrogen) atoms. The zero-order valence-electron chi connectivity index (χ0n) is 8.59. The molecule has 0 saturated carbocycles. The van der Waals surface area contributed by atoms with E-state index < -0.39 is 0 Å². The minimum atomic E-state index is 0.425. The first kappa shape index (κ1) is 11.5. The van der Waals surface area contributed by atoms with Crippen LogP contribution in [0.2, 0.25) is 0 Å². The lowest BCUT2D eigenvalue weighted by atomic mass is 10.2. The number of ether oxygens (including phenoxy) is 1. The average molecular weight is 258 g/mol. The maximum Gasteiger partial charge on any atom is 0.0486 e. The summed E-state index contributed by atoms with van der Waals surface area (Å²) < 4.78 is 6.13. The molecule has 0 heterocycles. The van der Waals surface area contributed by atoms with Crippen molar-refractivity contribution in [3.8, 4) is 0 Å². The molecule has 1 N–H and O–H groups in total. The number of para-hydroxylation sites is 1. The van der Waals surface area contributed by atoms with Gasteiger partial charge in [0.2, 0.25) is 0 Å². The summed E-state index contributed by atoms with van der Waals surface area (Å²) in [5.74, 6) is 0. The van der Waals surface area contributed by atoms with Gasteiger partial charge >= 0.3 is 0 Å². The van der Waals surface area contributed by atoms with Gasteiger partial charge < -0.3 is 10.1 Å². The van der Waals surface area contributed by atoms with E-state index in [2.05, 4.69) is 34.2 Å². The molecule has 0 radical (unpaired) electrons. The third-order valence-electron chi connectivity index (χ3n) is 2.03. The van der Waals surface area contributed by atoms with E-state index >= 15 is 0 Å². The van der Waals surface area contributed by atoms with Crippen LogP contribution in [-0.4, -0.2) is 19.8 Å². The molecule has 0 aliphatic carbocycles. The van der Waals surface area contributed by atoms with Crippen molar-refractivity contribution in [1.29, 1.82) is 0 Å². The van der Waals surface area contributed by atoms with Gasteiger partial charge in [0.1, 0.15) is 0 Å². The monoisotopic (exact) mass is 257 g/mol. The van der Waals surface area contributed by atoms with E-state index in [1.54, 1.807) is 7.11 Å². The van der Waals surface area contributed by atoms with Gasteiger partial charge in [-0.25, -0.2) is 0 Å². The lowest BCUT2D eigenvalue weighted by Gasteiger charge is -2.15. The van der Waals surface area contributed by atoms with Crippen LogP contribution in [0, 0.1) is 0 Å². The van der Waals surface area contributed by atoms with Crippen molar-refractivity contribution in [3.05, 3.63) is 28.7 Å². The number of nitrogens with one attached hydrogen (secondary N) is 1. The third-order valence-corrected chi connectivity index (χ3v) is 2.72. The minimum Gasteiger partial charge on any atom is -0.385 e. The summed E-state index contributed by atoms with van der Waals surface area (Å²) in [4.78, 5) is 0. The van der Waals surface area contributed by atoms with Crippen molar-refractivity contribution in [2.75, 3.05) is 19.0 Å². The summed E-state index contributed by atoms with van der Waals surface area (Å²) in [6, 6.07) is 8.55. The average Bonchev–Trinajstić information content (AvgIpc) is 2.18. The van der Waals surface area contributed by atoms with E-state index in [0.29, 0.717) is 6.04 Å². The standard InChI is InChI=1S/C11H16BrNO/c1-9(7-8-14-2)13-11-6-4-3-5-10(11)12/h3-6,9,13H,7-8H2,1-2H3. The molecule has 1 rings (SSSR count). The Morgan fingerprint density at radius 1 is 1.43 bits per heavy atom. The second-order valence-electron chi connectivity index (χ2n) is 3.31. The van der Waals surface area contributed by atoms with Crippen LogP contribution >= 0.6 is 15.9 Å². The second kappa shape index (κ2) is 6.04. The van der Waals surface area contributed by atoms with Crippen LogP contribution < -0.4 is 5.32 Å². The van der Waals surface area contributed by atoms with Gasteiger partial charge in [-0.3, -0.25) is 0 Å². The molecule has 1 aromatic rings. The van der Waals surface area contributed by atoms with Gasteiger partial charge in [-0.1, -0.05) is 12.1 Å². The Bertz CT molecular complexity index is 278. The summed E-state index contributed by atoms with van der Waals surface area (Å²) in [6.45, 7) is 2.94. The van der Waals surface area contributed by atoms with Crippen LogP contribution in [0.25, 0.3) is 0 Å². The summed E-state index contributed by atoms with van der Waals surface area (Å²) in [7, 11) is 1.73. The van der Waals surface area contributed by atoms with Crippen molar-refractivity contribution in [1.82, 2.24) is 0 Å². The minimum absolute atomic E-state index is 0.425. The maximum absolute atomic E-state index is 5.03. The van der Waals surface area contributed by atoms with Crippen LogP contribution in [0.15, 0.2) is 28.7 Å². The molecular weight excluding hydrogens is 242 g/mol. The molecule has 0 fully saturated rings. The largest absolute Gasteiger partial charge is 0.385 e. The number of hydrogen-bond acceptors (Lipinski definition) is 2. The van der Waals surface area contributed by atoms with E-state index in [-0.39, 0.29) is 0 Å². The Hall–Kier alpha value is -0.540. The number of benzene rings is 1. The molecule has 0 saturated heterocycles. The highest BCUT2D eigenvalue weighted by atomic mass is 79.9. The van der Waals surface area contributed by atoms with E-state index in [0.717, 1.165) is 23.2 Å². The SMILES string of the molecule is COCCC(C)Nc1ccccc1Br. The Morgan fingerprint density at radius 3 is 2.79 bits per heavy atom. The summed E-state index contributed by atoms with van der Waals surface area (Å²) >= 11 is 3.50. The molecule has 2 nitrogen and oxygen atoms in total. The fourth-order valence-corrected chi connectivity index (χ4v) is 1.61. The summed E-state index contributed by atoms with van der Waals surface area (Å²) in [5.41, 5.74) is 1.14. The molecule has 78 valence electrons.